The van der Waals surface area contributed by atoms with Crippen molar-refractivity contribution < 1.29 is 19.1 Å². The van der Waals surface area contributed by atoms with E-state index in [1.165, 1.54) is 0 Å². The molecule has 0 spiro atoms. The topological polar surface area (TPSA) is 87.8 Å². The standard InChI is InChI=1S/C23H23N3O4S/c1-29-14-4-13-26-21(20(25-23(26)31)17-5-2-3-12-24-17)19-11-10-18(30-19)15-6-8-16(9-7-15)22(27)28/h2-3,5-12,20-21H,4,13-14H2,1H3,(H,25,31)(H,27,28). The fourth-order valence-corrected chi connectivity index (χ4v) is 4.11. The molecular formula is C23H23N3O4S. The minimum atomic E-state index is -0.956. The van der Waals surface area contributed by atoms with Gasteiger partial charge in [-0.2, -0.15) is 0 Å². The van der Waals surface area contributed by atoms with Crippen molar-refractivity contribution in [3.05, 3.63) is 77.8 Å². The molecule has 2 N–H and O–H groups in total. The van der Waals surface area contributed by atoms with Crippen LogP contribution in [0.25, 0.3) is 11.3 Å². The molecule has 1 aliphatic heterocycles. The van der Waals surface area contributed by atoms with Crippen LogP contribution >= 0.6 is 12.2 Å². The Labute approximate surface area is 185 Å². The summed E-state index contributed by atoms with van der Waals surface area (Å²) in [4.78, 5) is 17.7. The van der Waals surface area contributed by atoms with Crippen molar-refractivity contribution >= 4 is 23.3 Å². The fraction of sp³-hybridized carbons (Fsp3) is 0.261. The zero-order chi connectivity index (χ0) is 21.8. The van der Waals surface area contributed by atoms with E-state index in [1.54, 1.807) is 37.6 Å². The smallest absolute Gasteiger partial charge is 0.335 e. The molecular weight excluding hydrogens is 414 g/mol. The highest BCUT2D eigenvalue weighted by Crippen LogP contribution is 2.40. The number of furan rings is 1. The molecule has 0 aliphatic carbocycles. The number of aromatic nitrogens is 1. The molecule has 3 heterocycles. The third-order valence-corrected chi connectivity index (χ3v) is 5.63. The number of carboxylic acid groups (broad SMARTS) is 1. The predicted octanol–water partition coefficient (Wildman–Crippen LogP) is 4.05. The Morgan fingerprint density at radius 2 is 2.03 bits per heavy atom. The van der Waals surface area contributed by atoms with Gasteiger partial charge in [0.1, 0.15) is 17.6 Å². The first-order chi connectivity index (χ1) is 15.1. The van der Waals surface area contributed by atoms with Crippen molar-refractivity contribution in [1.82, 2.24) is 15.2 Å². The van der Waals surface area contributed by atoms with Crippen LogP contribution in [0.3, 0.4) is 0 Å². The molecule has 0 radical (unpaired) electrons. The van der Waals surface area contributed by atoms with Gasteiger partial charge in [-0.15, -0.1) is 0 Å². The first kappa shape index (κ1) is 21.0. The lowest BCUT2D eigenvalue weighted by molar-refractivity contribution is 0.0697. The molecule has 0 saturated carbocycles. The van der Waals surface area contributed by atoms with Gasteiger partial charge in [0, 0.05) is 32.0 Å². The summed E-state index contributed by atoms with van der Waals surface area (Å²) >= 11 is 5.63. The first-order valence-corrected chi connectivity index (χ1v) is 10.4. The average molecular weight is 438 g/mol. The van der Waals surface area contributed by atoms with Crippen molar-refractivity contribution in [3.63, 3.8) is 0 Å². The zero-order valence-electron chi connectivity index (χ0n) is 17.0. The van der Waals surface area contributed by atoms with Crippen LogP contribution in [0, 0.1) is 0 Å². The van der Waals surface area contributed by atoms with Crippen LogP contribution in [0.5, 0.6) is 0 Å². The number of carbonyl (C=O) groups is 1. The lowest BCUT2D eigenvalue weighted by Crippen LogP contribution is -2.31. The number of benzene rings is 1. The summed E-state index contributed by atoms with van der Waals surface area (Å²) in [6.07, 6.45) is 2.59. The molecule has 1 aromatic carbocycles. The number of carboxylic acids is 1. The number of methoxy groups -OCH3 is 1. The number of thiocarbonyl (C=S) groups is 1. The van der Waals surface area contributed by atoms with Gasteiger partial charge in [0.2, 0.25) is 0 Å². The van der Waals surface area contributed by atoms with Gasteiger partial charge in [-0.3, -0.25) is 4.98 Å². The second-order valence-electron chi connectivity index (χ2n) is 7.25. The maximum Gasteiger partial charge on any atom is 0.335 e. The number of ether oxygens (including phenoxy) is 1. The molecule has 1 saturated heterocycles. The Balaban J connectivity index is 1.66. The van der Waals surface area contributed by atoms with Gasteiger partial charge >= 0.3 is 5.97 Å². The molecule has 0 amide bonds. The minimum absolute atomic E-state index is 0.148. The van der Waals surface area contributed by atoms with E-state index in [0.29, 0.717) is 17.5 Å². The third kappa shape index (κ3) is 4.45. The van der Waals surface area contributed by atoms with Crippen molar-refractivity contribution in [2.24, 2.45) is 0 Å². The van der Waals surface area contributed by atoms with E-state index < -0.39 is 5.97 Å². The van der Waals surface area contributed by atoms with Crippen molar-refractivity contribution in [2.75, 3.05) is 20.3 Å². The minimum Gasteiger partial charge on any atom is -0.478 e. The molecule has 0 bridgehead atoms. The SMILES string of the molecule is COCCCN1C(=S)NC(c2ccccn2)C1c1ccc(-c2ccc(C(=O)O)cc2)o1. The summed E-state index contributed by atoms with van der Waals surface area (Å²) in [6, 6.07) is 16.0. The number of hydrogen-bond acceptors (Lipinski definition) is 5. The highest BCUT2D eigenvalue weighted by molar-refractivity contribution is 7.80. The third-order valence-electron chi connectivity index (χ3n) is 5.28. The number of nitrogens with one attached hydrogen (secondary N) is 1. The molecule has 2 unspecified atom stereocenters. The van der Waals surface area contributed by atoms with Crippen LogP contribution in [-0.2, 0) is 4.74 Å². The first-order valence-electron chi connectivity index (χ1n) is 9.99. The van der Waals surface area contributed by atoms with E-state index in [1.807, 2.05) is 30.3 Å². The molecule has 7 nitrogen and oxygen atoms in total. The molecule has 1 fully saturated rings. The Kier molecular flexibility index (Phi) is 6.29. The van der Waals surface area contributed by atoms with E-state index in [2.05, 4.69) is 15.2 Å². The van der Waals surface area contributed by atoms with E-state index in [-0.39, 0.29) is 17.6 Å². The van der Waals surface area contributed by atoms with E-state index in [9.17, 15) is 4.79 Å². The summed E-state index contributed by atoms with van der Waals surface area (Å²) in [5.41, 5.74) is 1.93. The van der Waals surface area contributed by atoms with Crippen LogP contribution in [0.1, 0.15) is 40.3 Å². The molecule has 3 aromatic rings. The second kappa shape index (κ2) is 9.28. The fourth-order valence-electron chi connectivity index (χ4n) is 3.78. The van der Waals surface area contributed by atoms with E-state index in [4.69, 9.17) is 26.5 Å². The van der Waals surface area contributed by atoms with Crippen LogP contribution in [-0.4, -0.2) is 46.3 Å². The summed E-state index contributed by atoms with van der Waals surface area (Å²) < 4.78 is 11.5. The number of hydrogen-bond donors (Lipinski definition) is 2. The summed E-state index contributed by atoms with van der Waals surface area (Å²) in [5.74, 6) is 0.473. The Hall–Kier alpha value is -3.23. The Morgan fingerprint density at radius 3 is 2.71 bits per heavy atom. The number of pyridine rings is 1. The van der Waals surface area contributed by atoms with Gasteiger partial charge in [0.25, 0.3) is 0 Å². The summed E-state index contributed by atoms with van der Waals surface area (Å²) in [6.45, 7) is 1.36. The normalized spacial score (nSPS) is 18.2. The van der Waals surface area contributed by atoms with Crippen LogP contribution < -0.4 is 5.32 Å². The molecule has 31 heavy (non-hydrogen) atoms. The van der Waals surface area contributed by atoms with Crippen molar-refractivity contribution in [2.45, 2.75) is 18.5 Å². The van der Waals surface area contributed by atoms with Gasteiger partial charge in [-0.05, 0) is 55.0 Å². The average Bonchev–Trinajstić information content (AvgIpc) is 3.39. The van der Waals surface area contributed by atoms with Gasteiger partial charge in [0.05, 0.1) is 17.3 Å². The lowest BCUT2D eigenvalue weighted by atomic mass is 10.0. The summed E-state index contributed by atoms with van der Waals surface area (Å²) in [5, 5.41) is 13.2. The van der Waals surface area contributed by atoms with Crippen LogP contribution in [0.4, 0.5) is 0 Å². The Bertz CT molecular complexity index is 1050. The van der Waals surface area contributed by atoms with Crippen LogP contribution in [0.15, 0.2) is 65.2 Å². The van der Waals surface area contributed by atoms with Gasteiger partial charge < -0.3 is 24.5 Å². The monoisotopic (exact) mass is 437 g/mol. The maximum atomic E-state index is 11.1. The largest absolute Gasteiger partial charge is 0.478 e. The molecule has 4 rings (SSSR count). The van der Waals surface area contributed by atoms with E-state index >= 15 is 0 Å². The molecule has 2 aromatic heterocycles. The number of aromatic carboxylic acids is 1. The predicted molar refractivity (Wildman–Crippen MR) is 120 cm³/mol. The second-order valence-corrected chi connectivity index (χ2v) is 7.64. The molecule has 1 aliphatic rings. The van der Waals surface area contributed by atoms with Gasteiger partial charge in [0.15, 0.2) is 5.11 Å². The van der Waals surface area contributed by atoms with Crippen molar-refractivity contribution in [3.8, 4) is 11.3 Å². The highest BCUT2D eigenvalue weighted by Gasteiger charge is 2.41. The van der Waals surface area contributed by atoms with Gasteiger partial charge in [-0.25, -0.2) is 4.79 Å². The quantitative estimate of drug-likeness (QED) is 0.403. The maximum absolute atomic E-state index is 11.1. The van der Waals surface area contributed by atoms with E-state index in [0.717, 1.165) is 30.0 Å². The molecule has 2 atom stereocenters. The Morgan fingerprint density at radius 1 is 1.23 bits per heavy atom. The van der Waals surface area contributed by atoms with Crippen molar-refractivity contribution in [1.29, 1.82) is 0 Å². The zero-order valence-corrected chi connectivity index (χ0v) is 17.8. The number of nitrogens with zero attached hydrogens (tertiary/aromatic N) is 2. The highest BCUT2D eigenvalue weighted by atomic mass is 32.1. The molecule has 8 heteroatoms. The van der Waals surface area contributed by atoms with Gasteiger partial charge in [-0.1, -0.05) is 18.2 Å². The lowest BCUT2D eigenvalue weighted by Gasteiger charge is -2.25. The van der Waals surface area contributed by atoms with Crippen LogP contribution in [0.2, 0.25) is 0 Å². The molecule has 160 valence electrons. The number of rotatable bonds is 8. The summed E-state index contributed by atoms with van der Waals surface area (Å²) in [7, 11) is 1.68.